The lowest BCUT2D eigenvalue weighted by atomic mass is 10.2. The average molecular weight is 119 g/mol. The van der Waals surface area contributed by atoms with E-state index in [1.807, 2.05) is 18.5 Å². The van der Waals surface area contributed by atoms with Gasteiger partial charge in [0.1, 0.15) is 0 Å². The van der Waals surface area contributed by atoms with Crippen molar-refractivity contribution in [1.82, 2.24) is 15.2 Å². The molecule has 44 valence electrons. The second-order valence-corrected chi connectivity index (χ2v) is 1.83. The van der Waals surface area contributed by atoms with Gasteiger partial charge in [0.05, 0.1) is 11.9 Å². The maximum Gasteiger partial charge on any atom is 0.0974 e. The fourth-order valence-electron chi connectivity index (χ4n) is 0.783. The van der Waals surface area contributed by atoms with Crippen molar-refractivity contribution in [3.63, 3.8) is 0 Å². The van der Waals surface area contributed by atoms with Crippen LogP contribution in [0.2, 0.25) is 0 Å². The second kappa shape index (κ2) is 1.55. The molecular formula is C6H5N3. The molecule has 2 aliphatic heterocycles. The van der Waals surface area contributed by atoms with Crippen LogP contribution in [0.4, 0.5) is 0 Å². The first-order valence-electron chi connectivity index (χ1n) is 2.71. The molecule has 0 aromatic rings. The molecule has 1 N–H and O–H groups in total. The molecule has 0 bridgehead atoms. The number of pyridine rings is 1. The first kappa shape index (κ1) is 4.49. The number of hydrogen-bond acceptors (Lipinski definition) is 2. The van der Waals surface area contributed by atoms with Crippen molar-refractivity contribution in [2.24, 2.45) is 0 Å². The Labute approximate surface area is 52.1 Å². The molecule has 3 heteroatoms. The zero-order chi connectivity index (χ0) is 6.10. The van der Waals surface area contributed by atoms with Crippen LogP contribution in [0, 0.1) is 0 Å². The number of rotatable bonds is 0. The Morgan fingerprint density at radius 2 is 2.44 bits per heavy atom. The van der Waals surface area contributed by atoms with Gasteiger partial charge < -0.3 is 4.98 Å². The Balaban J connectivity index is 2.79. The van der Waals surface area contributed by atoms with E-state index < -0.39 is 0 Å². The van der Waals surface area contributed by atoms with Crippen molar-refractivity contribution < 1.29 is 0 Å². The molecule has 0 aliphatic carbocycles. The number of hydrogen-bond donors (Lipinski definition) is 1. The van der Waals surface area contributed by atoms with Gasteiger partial charge in [-0.1, -0.05) is 0 Å². The summed E-state index contributed by atoms with van der Waals surface area (Å²) < 4.78 is 0. The van der Waals surface area contributed by atoms with Crippen molar-refractivity contribution in [2.75, 3.05) is 0 Å². The van der Waals surface area contributed by atoms with Crippen molar-refractivity contribution in [2.45, 2.75) is 0 Å². The van der Waals surface area contributed by atoms with E-state index in [9.17, 15) is 0 Å². The predicted molar refractivity (Wildman–Crippen MR) is 33.0 cm³/mol. The molecule has 0 saturated heterocycles. The van der Waals surface area contributed by atoms with Crippen LogP contribution >= 0.6 is 0 Å². The molecule has 0 radical (unpaired) electrons. The van der Waals surface area contributed by atoms with Crippen LogP contribution in [0.5, 0.6) is 0 Å². The lowest BCUT2D eigenvalue weighted by Crippen LogP contribution is -1.75. The molecule has 0 atom stereocenters. The number of aromatic amines is 1. The summed E-state index contributed by atoms with van der Waals surface area (Å²) in [5, 5.41) is 7.58. The predicted octanol–water partition coefficient (Wildman–Crippen LogP) is 0.909. The van der Waals surface area contributed by atoms with E-state index in [0.717, 1.165) is 11.3 Å². The SMILES string of the molecule is c1cc2nncc-2c[nH]1. The third-order valence-electron chi connectivity index (χ3n) is 1.23. The van der Waals surface area contributed by atoms with Gasteiger partial charge in [0.25, 0.3) is 0 Å². The van der Waals surface area contributed by atoms with E-state index in [-0.39, 0.29) is 0 Å². The number of H-pyrrole nitrogens is 1. The van der Waals surface area contributed by atoms with Crippen LogP contribution in [0.15, 0.2) is 24.7 Å². The second-order valence-electron chi connectivity index (χ2n) is 1.83. The lowest BCUT2D eigenvalue weighted by molar-refractivity contribution is 1.10. The summed E-state index contributed by atoms with van der Waals surface area (Å²) in [4.78, 5) is 2.94. The summed E-state index contributed by atoms with van der Waals surface area (Å²) in [7, 11) is 0. The van der Waals surface area contributed by atoms with E-state index in [4.69, 9.17) is 0 Å². The van der Waals surface area contributed by atoms with E-state index >= 15 is 0 Å². The van der Waals surface area contributed by atoms with Gasteiger partial charge in [0.15, 0.2) is 0 Å². The highest BCUT2D eigenvalue weighted by atomic mass is 15.1. The molecule has 2 heterocycles. The lowest BCUT2D eigenvalue weighted by Gasteiger charge is -1.89. The third kappa shape index (κ3) is 0.579. The van der Waals surface area contributed by atoms with Crippen LogP contribution in [-0.2, 0) is 0 Å². The first-order valence-corrected chi connectivity index (χ1v) is 2.71. The Hall–Kier alpha value is -1.38. The van der Waals surface area contributed by atoms with Gasteiger partial charge in [0, 0.05) is 18.0 Å². The molecule has 0 saturated carbocycles. The van der Waals surface area contributed by atoms with Crippen molar-refractivity contribution in [3.05, 3.63) is 24.7 Å². The molecular weight excluding hydrogens is 114 g/mol. The Morgan fingerprint density at radius 1 is 1.44 bits per heavy atom. The third-order valence-corrected chi connectivity index (χ3v) is 1.23. The normalized spacial score (nSPS) is 10.2. The van der Waals surface area contributed by atoms with Gasteiger partial charge in [-0.25, -0.2) is 0 Å². The molecule has 0 amide bonds. The quantitative estimate of drug-likeness (QED) is 0.560. The fourth-order valence-corrected chi connectivity index (χ4v) is 0.783. The van der Waals surface area contributed by atoms with Crippen LogP contribution in [-0.4, -0.2) is 15.2 Å². The highest BCUT2D eigenvalue weighted by Crippen LogP contribution is 2.13. The topological polar surface area (TPSA) is 41.6 Å². The van der Waals surface area contributed by atoms with Crippen LogP contribution in [0.1, 0.15) is 0 Å². The van der Waals surface area contributed by atoms with E-state index in [2.05, 4.69) is 15.2 Å². The Kier molecular flexibility index (Phi) is 0.773. The van der Waals surface area contributed by atoms with Crippen LogP contribution in [0.25, 0.3) is 11.3 Å². The summed E-state index contributed by atoms with van der Waals surface area (Å²) in [6.07, 6.45) is 5.43. The Bertz CT molecular complexity index is 248. The maximum atomic E-state index is 3.85. The van der Waals surface area contributed by atoms with Crippen LogP contribution in [0.3, 0.4) is 0 Å². The monoisotopic (exact) mass is 119 g/mol. The number of nitrogens with one attached hydrogen (secondary N) is 1. The van der Waals surface area contributed by atoms with Crippen molar-refractivity contribution in [1.29, 1.82) is 0 Å². The largest absolute Gasteiger partial charge is 0.367 e. The molecule has 2 aliphatic rings. The summed E-state index contributed by atoms with van der Waals surface area (Å²) in [5.74, 6) is 0. The number of nitrogens with zero attached hydrogens (tertiary/aromatic N) is 2. The maximum absolute atomic E-state index is 3.85. The molecule has 0 aromatic heterocycles. The summed E-state index contributed by atoms with van der Waals surface area (Å²) >= 11 is 0. The first-order chi connectivity index (χ1) is 4.47. The van der Waals surface area contributed by atoms with E-state index in [1.165, 1.54) is 0 Å². The fraction of sp³-hybridized carbons (Fsp3) is 0. The van der Waals surface area contributed by atoms with Gasteiger partial charge in [-0.05, 0) is 6.07 Å². The minimum absolute atomic E-state index is 0.939. The zero-order valence-electron chi connectivity index (χ0n) is 4.70. The number of aromatic nitrogens is 3. The highest BCUT2D eigenvalue weighted by molar-refractivity contribution is 5.56. The highest BCUT2D eigenvalue weighted by Gasteiger charge is 1.99. The summed E-state index contributed by atoms with van der Waals surface area (Å²) in [6.45, 7) is 0. The van der Waals surface area contributed by atoms with E-state index in [0.29, 0.717) is 0 Å². The minimum atomic E-state index is 0.939. The molecule has 0 spiro atoms. The van der Waals surface area contributed by atoms with Crippen molar-refractivity contribution >= 4 is 0 Å². The molecule has 9 heavy (non-hydrogen) atoms. The molecule has 3 nitrogen and oxygen atoms in total. The Morgan fingerprint density at radius 3 is 3.33 bits per heavy atom. The van der Waals surface area contributed by atoms with Gasteiger partial charge in [-0.2, -0.15) is 10.2 Å². The number of fused-ring (bicyclic) bond motifs is 1. The van der Waals surface area contributed by atoms with Gasteiger partial charge in [0.2, 0.25) is 0 Å². The van der Waals surface area contributed by atoms with Crippen molar-refractivity contribution in [3.8, 4) is 11.3 Å². The van der Waals surface area contributed by atoms with Gasteiger partial charge in [-0.3, -0.25) is 0 Å². The molecule has 0 unspecified atom stereocenters. The average Bonchev–Trinajstić information content (AvgIpc) is 2.33. The van der Waals surface area contributed by atoms with Crippen LogP contribution < -0.4 is 0 Å². The summed E-state index contributed by atoms with van der Waals surface area (Å²) in [6, 6.07) is 1.89. The summed E-state index contributed by atoms with van der Waals surface area (Å²) in [5.41, 5.74) is 1.99. The van der Waals surface area contributed by atoms with Gasteiger partial charge >= 0.3 is 0 Å². The van der Waals surface area contributed by atoms with E-state index in [1.54, 1.807) is 6.20 Å². The molecule has 0 aromatic carbocycles. The van der Waals surface area contributed by atoms with Gasteiger partial charge in [-0.15, -0.1) is 0 Å². The molecule has 0 fully saturated rings. The molecule has 2 rings (SSSR count). The minimum Gasteiger partial charge on any atom is -0.367 e. The smallest absolute Gasteiger partial charge is 0.0974 e. The zero-order valence-corrected chi connectivity index (χ0v) is 4.70. The standard InChI is InChI=1S/C6H5N3/c1-2-7-3-5-4-8-9-6(1)5/h1-4,7H.